The fourth-order valence-corrected chi connectivity index (χ4v) is 2.32. The molecule has 1 fully saturated rings. The third-order valence-electron chi connectivity index (χ3n) is 3.53. The maximum atomic E-state index is 12.5. The molecular weight excluding hydrogens is 258 g/mol. The highest BCUT2D eigenvalue weighted by Gasteiger charge is 2.43. The molecular formula is C13H21N5O2. The molecule has 2 amide bonds. The summed E-state index contributed by atoms with van der Waals surface area (Å²) in [6, 6.07) is -0.350. The lowest BCUT2D eigenvalue weighted by molar-refractivity contribution is -0.153. The van der Waals surface area contributed by atoms with Crippen LogP contribution in [0.25, 0.3) is 0 Å². The van der Waals surface area contributed by atoms with Crippen molar-refractivity contribution in [3.8, 4) is 0 Å². The number of hydrogen-bond acceptors (Lipinski definition) is 4. The second-order valence-electron chi connectivity index (χ2n) is 5.94. The normalized spacial score (nSPS) is 22.3. The van der Waals surface area contributed by atoms with E-state index < -0.39 is 11.6 Å². The van der Waals surface area contributed by atoms with E-state index in [1.54, 1.807) is 30.4 Å². The van der Waals surface area contributed by atoms with Crippen molar-refractivity contribution in [3.05, 3.63) is 12.2 Å². The second-order valence-corrected chi connectivity index (χ2v) is 5.94. The number of piperazine rings is 1. The molecule has 7 heteroatoms. The number of nitrogens with zero attached hydrogens (tertiary/aromatic N) is 4. The number of hydrogen-bond donors (Lipinski definition) is 1. The Morgan fingerprint density at radius 2 is 2.05 bits per heavy atom. The molecule has 20 heavy (non-hydrogen) atoms. The fourth-order valence-electron chi connectivity index (χ4n) is 2.32. The van der Waals surface area contributed by atoms with Crippen LogP contribution in [-0.4, -0.2) is 43.1 Å². The van der Waals surface area contributed by atoms with E-state index in [2.05, 4.69) is 15.4 Å². The Bertz CT molecular complexity index is 535. The van der Waals surface area contributed by atoms with E-state index in [9.17, 15) is 9.59 Å². The van der Waals surface area contributed by atoms with Crippen molar-refractivity contribution < 1.29 is 9.59 Å². The van der Waals surface area contributed by atoms with Crippen molar-refractivity contribution in [2.24, 2.45) is 0 Å². The molecule has 0 radical (unpaired) electrons. The van der Waals surface area contributed by atoms with Gasteiger partial charge in [0.15, 0.2) is 0 Å². The maximum absolute atomic E-state index is 12.5. The largest absolute Gasteiger partial charge is 0.340 e. The average Bonchev–Trinajstić information content (AvgIpc) is 2.80. The predicted octanol–water partition coefficient (Wildman–Crippen LogP) is 0.484. The van der Waals surface area contributed by atoms with Crippen molar-refractivity contribution in [2.45, 2.75) is 58.8 Å². The molecule has 0 bridgehead atoms. The molecule has 2 rings (SSSR count). The molecule has 1 saturated heterocycles. The molecule has 0 aliphatic carbocycles. The van der Waals surface area contributed by atoms with Crippen molar-refractivity contribution in [1.82, 2.24) is 25.0 Å². The molecule has 0 aromatic carbocycles. The molecule has 1 aromatic rings. The zero-order valence-electron chi connectivity index (χ0n) is 12.5. The maximum Gasteiger partial charge on any atom is 0.248 e. The van der Waals surface area contributed by atoms with Gasteiger partial charge in [-0.05, 0) is 34.6 Å². The van der Waals surface area contributed by atoms with Crippen molar-refractivity contribution in [2.75, 3.05) is 0 Å². The predicted molar refractivity (Wildman–Crippen MR) is 72.6 cm³/mol. The zero-order chi connectivity index (χ0) is 15.1. The first-order valence-electron chi connectivity index (χ1n) is 6.75. The lowest BCUT2D eigenvalue weighted by atomic mass is 9.97. The summed E-state index contributed by atoms with van der Waals surface area (Å²) in [6.45, 7) is 9.42. The van der Waals surface area contributed by atoms with Crippen LogP contribution in [0.4, 0.5) is 0 Å². The Hall–Kier alpha value is -1.92. The molecule has 1 N–H and O–H groups in total. The van der Waals surface area contributed by atoms with Gasteiger partial charge in [0, 0.05) is 6.04 Å². The van der Waals surface area contributed by atoms with Gasteiger partial charge in [-0.25, -0.2) is 9.67 Å². The van der Waals surface area contributed by atoms with Gasteiger partial charge in [0.2, 0.25) is 11.8 Å². The van der Waals surface area contributed by atoms with E-state index in [1.165, 1.54) is 6.33 Å². The van der Waals surface area contributed by atoms with Crippen LogP contribution < -0.4 is 5.32 Å². The van der Waals surface area contributed by atoms with Crippen LogP contribution in [-0.2, 0) is 16.1 Å². The molecule has 1 aromatic heterocycles. The minimum Gasteiger partial charge on any atom is -0.340 e. The van der Waals surface area contributed by atoms with Gasteiger partial charge in [0.1, 0.15) is 23.7 Å². The molecule has 1 atom stereocenters. The van der Waals surface area contributed by atoms with E-state index in [4.69, 9.17) is 0 Å². The van der Waals surface area contributed by atoms with Crippen LogP contribution in [0.15, 0.2) is 6.33 Å². The highest BCUT2D eigenvalue weighted by molar-refractivity contribution is 5.98. The number of nitrogens with one attached hydrogen (secondary N) is 1. The average molecular weight is 279 g/mol. The van der Waals surface area contributed by atoms with Crippen molar-refractivity contribution >= 4 is 11.8 Å². The van der Waals surface area contributed by atoms with Crippen molar-refractivity contribution in [3.63, 3.8) is 0 Å². The summed E-state index contributed by atoms with van der Waals surface area (Å²) in [7, 11) is 0. The highest BCUT2D eigenvalue weighted by Crippen LogP contribution is 2.20. The van der Waals surface area contributed by atoms with Gasteiger partial charge in [0.25, 0.3) is 0 Å². The summed E-state index contributed by atoms with van der Waals surface area (Å²) in [6.07, 6.45) is 1.47. The van der Waals surface area contributed by atoms with Crippen LogP contribution in [0.2, 0.25) is 0 Å². The number of carbonyl (C=O) groups excluding carboxylic acids is 2. The third-order valence-corrected chi connectivity index (χ3v) is 3.53. The fraction of sp³-hybridized carbons (Fsp3) is 0.692. The summed E-state index contributed by atoms with van der Waals surface area (Å²) in [5, 5.41) is 6.88. The molecule has 0 saturated carbocycles. The van der Waals surface area contributed by atoms with Gasteiger partial charge >= 0.3 is 0 Å². The lowest BCUT2D eigenvalue weighted by Crippen LogP contribution is -2.67. The van der Waals surface area contributed by atoms with E-state index in [0.717, 1.165) is 0 Å². The summed E-state index contributed by atoms with van der Waals surface area (Å²) < 4.78 is 1.76. The minimum atomic E-state index is -0.883. The van der Waals surface area contributed by atoms with E-state index in [-0.39, 0.29) is 24.4 Å². The quantitative estimate of drug-likeness (QED) is 0.873. The van der Waals surface area contributed by atoms with Gasteiger partial charge in [0.05, 0.1) is 6.54 Å². The van der Waals surface area contributed by atoms with Crippen LogP contribution in [0.5, 0.6) is 0 Å². The minimum absolute atomic E-state index is 0.108. The first-order chi connectivity index (χ1) is 9.24. The number of amides is 2. The Morgan fingerprint density at radius 3 is 2.65 bits per heavy atom. The molecule has 1 aliphatic rings. The number of carbonyl (C=O) groups is 2. The monoisotopic (exact) mass is 279 g/mol. The van der Waals surface area contributed by atoms with E-state index >= 15 is 0 Å². The van der Waals surface area contributed by atoms with Gasteiger partial charge in [-0.1, -0.05) is 0 Å². The van der Waals surface area contributed by atoms with Gasteiger partial charge in [-0.15, -0.1) is 0 Å². The van der Waals surface area contributed by atoms with E-state index in [0.29, 0.717) is 5.82 Å². The lowest BCUT2D eigenvalue weighted by Gasteiger charge is -2.41. The smallest absolute Gasteiger partial charge is 0.248 e. The Kier molecular flexibility index (Phi) is 3.54. The summed E-state index contributed by atoms with van der Waals surface area (Å²) >= 11 is 0. The van der Waals surface area contributed by atoms with Crippen LogP contribution in [0.3, 0.4) is 0 Å². The van der Waals surface area contributed by atoms with Crippen LogP contribution in [0.1, 0.15) is 46.5 Å². The SMILES string of the molecule is CC1C(=O)NC(C)(C)C(=O)N1Cc1ncnn1C(C)C. The van der Waals surface area contributed by atoms with Crippen molar-refractivity contribution in [1.29, 1.82) is 0 Å². The Labute approximate surface area is 118 Å². The molecule has 110 valence electrons. The first kappa shape index (κ1) is 14.5. The summed E-state index contributed by atoms with van der Waals surface area (Å²) in [5.41, 5.74) is -0.883. The Morgan fingerprint density at radius 1 is 1.40 bits per heavy atom. The molecule has 1 aliphatic heterocycles. The molecule has 0 spiro atoms. The number of rotatable bonds is 3. The highest BCUT2D eigenvalue weighted by atomic mass is 16.2. The van der Waals surface area contributed by atoms with Crippen LogP contribution >= 0.6 is 0 Å². The Balaban J connectivity index is 2.28. The standard InChI is InChI=1S/C13H21N5O2/c1-8(2)18-10(14-7-15-18)6-17-9(3)11(19)16-13(4,5)12(17)20/h7-9H,6H2,1-5H3,(H,16,19). The summed E-state index contributed by atoms with van der Waals surface area (Å²) in [4.78, 5) is 30.2. The van der Waals surface area contributed by atoms with E-state index in [1.807, 2.05) is 13.8 Å². The van der Waals surface area contributed by atoms with Crippen LogP contribution in [0, 0.1) is 0 Å². The summed E-state index contributed by atoms with van der Waals surface area (Å²) in [5.74, 6) is 0.429. The molecule has 2 heterocycles. The number of aromatic nitrogens is 3. The van der Waals surface area contributed by atoms with Gasteiger partial charge < -0.3 is 10.2 Å². The topological polar surface area (TPSA) is 80.1 Å². The third kappa shape index (κ3) is 2.39. The van der Waals surface area contributed by atoms with Gasteiger partial charge in [-0.3, -0.25) is 9.59 Å². The van der Waals surface area contributed by atoms with Gasteiger partial charge in [-0.2, -0.15) is 5.10 Å². The molecule has 1 unspecified atom stereocenters. The second kappa shape index (κ2) is 4.88. The zero-order valence-corrected chi connectivity index (χ0v) is 12.5. The molecule has 7 nitrogen and oxygen atoms in total. The first-order valence-corrected chi connectivity index (χ1v) is 6.75.